The minimum atomic E-state index is -0.764. The van der Waals surface area contributed by atoms with E-state index in [4.69, 9.17) is 14.2 Å². The Labute approximate surface area is 425 Å². The molecule has 0 aliphatic heterocycles. The van der Waals surface area contributed by atoms with E-state index in [2.05, 4.69) is 41.5 Å². The molecule has 0 aromatic heterocycles. The van der Waals surface area contributed by atoms with Gasteiger partial charge in [-0.2, -0.15) is 0 Å². The Morgan fingerprint density at radius 2 is 0.515 bits per heavy atom. The molecule has 0 spiro atoms. The largest absolute Gasteiger partial charge is 0.462 e. The van der Waals surface area contributed by atoms with E-state index >= 15 is 0 Å². The number of rotatable bonds is 55. The topological polar surface area (TPSA) is 78.9 Å². The predicted molar refractivity (Wildman–Crippen MR) is 293 cm³/mol. The van der Waals surface area contributed by atoms with Gasteiger partial charge in [0.1, 0.15) is 13.2 Å². The van der Waals surface area contributed by atoms with Gasteiger partial charge in [0.05, 0.1) is 0 Å². The predicted octanol–water partition coefficient (Wildman–Crippen LogP) is 20.3. The van der Waals surface area contributed by atoms with Crippen LogP contribution in [-0.4, -0.2) is 37.2 Å². The van der Waals surface area contributed by atoms with Crippen molar-refractivity contribution < 1.29 is 28.6 Å². The maximum atomic E-state index is 12.9. The highest BCUT2D eigenvalue weighted by Gasteiger charge is 2.19. The summed E-state index contributed by atoms with van der Waals surface area (Å²) in [5.41, 5.74) is 0. The van der Waals surface area contributed by atoms with Crippen molar-refractivity contribution in [3.63, 3.8) is 0 Å². The molecule has 1 unspecified atom stereocenters. The number of unbranched alkanes of at least 4 members (excludes halogenated alkanes) is 37. The number of carbonyl (C=O) groups is 3. The molecule has 0 fully saturated rings. The molecule has 0 aromatic carbocycles. The first-order valence-electron chi connectivity index (χ1n) is 30.6. The van der Waals surface area contributed by atoms with Crippen molar-refractivity contribution >= 4 is 17.9 Å². The molecule has 0 heterocycles. The monoisotopic (exact) mass is 961 g/mol. The van der Waals surface area contributed by atoms with Gasteiger partial charge in [-0.25, -0.2) is 0 Å². The van der Waals surface area contributed by atoms with Gasteiger partial charge >= 0.3 is 17.9 Å². The minimum Gasteiger partial charge on any atom is -0.462 e. The molecule has 68 heavy (non-hydrogen) atoms. The highest BCUT2D eigenvalue weighted by atomic mass is 16.6. The molecule has 0 amide bonds. The fourth-order valence-electron chi connectivity index (χ4n) is 9.50. The average Bonchev–Trinajstić information content (AvgIpc) is 3.31. The van der Waals surface area contributed by atoms with Gasteiger partial charge in [0.15, 0.2) is 6.10 Å². The zero-order chi connectivity index (χ0) is 49.8. The van der Waals surface area contributed by atoms with Crippen LogP contribution in [0.3, 0.4) is 0 Å². The van der Waals surface area contributed by atoms with Crippen molar-refractivity contribution in [2.45, 2.75) is 349 Å². The molecule has 0 saturated heterocycles. The Hall–Kier alpha value is -1.59. The van der Waals surface area contributed by atoms with Crippen LogP contribution in [-0.2, 0) is 28.6 Å². The summed E-state index contributed by atoms with van der Waals surface area (Å²) in [7, 11) is 0. The number of ether oxygens (including phenoxy) is 3. The van der Waals surface area contributed by atoms with Gasteiger partial charge < -0.3 is 14.2 Å². The third-order valence-corrected chi connectivity index (χ3v) is 14.5. The lowest BCUT2D eigenvalue weighted by Crippen LogP contribution is -2.30. The first-order chi connectivity index (χ1) is 33.1. The van der Waals surface area contributed by atoms with Crippen molar-refractivity contribution in [2.24, 2.45) is 17.8 Å². The molecular weight excluding hydrogens is 841 g/mol. The smallest absolute Gasteiger partial charge is 0.306 e. The standard InChI is InChI=1S/C62H120O6/c1-7-58(6)50-44-38-32-26-20-14-11-12-15-21-27-33-39-45-51-60(63)66-54-59(55-67-61(64)52-46-40-34-28-23-17-19-25-31-37-43-49-57(4)5)68-62(65)53-47-41-35-29-22-16-10-8-9-13-18-24-30-36-42-48-56(2)3/h56-59H,7-55H2,1-6H3/t58?,59-/m0/s1. The SMILES string of the molecule is CCC(C)CCCCCCCCCCCCCCCCC(=O)OC[C@@H](COC(=O)CCCCCCCCCCCCCC(C)C)OC(=O)CCCCCCCCCCCCCCCCCC(C)C. The Balaban J connectivity index is 4.30. The second kappa shape index (κ2) is 53.2. The molecule has 0 radical (unpaired) electrons. The molecule has 0 saturated carbocycles. The molecule has 404 valence electrons. The fraction of sp³-hybridized carbons (Fsp3) is 0.952. The maximum Gasteiger partial charge on any atom is 0.306 e. The summed E-state index contributed by atoms with van der Waals surface area (Å²) >= 11 is 0. The van der Waals surface area contributed by atoms with Crippen LogP contribution in [0.2, 0.25) is 0 Å². The number of carbonyl (C=O) groups excluding carboxylic acids is 3. The van der Waals surface area contributed by atoms with Gasteiger partial charge in [-0.1, -0.05) is 305 Å². The summed E-state index contributed by atoms with van der Waals surface area (Å²) < 4.78 is 16.9. The lowest BCUT2D eigenvalue weighted by molar-refractivity contribution is -0.167. The summed E-state index contributed by atoms with van der Waals surface area (Å²) in [5, 5.41) is 0. The van der Waals surface area contributed by atoms with Gasteiger partial charge in [0.25, 0.3) is 0 Å². The summed E-state index contributed by atoms with van der Waals surface area (Å²) in [6.45, 7) is 13.8. The van der Waals surface area contributed by atoms with Crippen LogP contribution in [0.5, 0.6) is 0 Å². The van der Waals surface area contributed by atoms with Gasteiger partial charge in [-0.05, 0) is 37.0 Å². The normalized spacial score (nSPS) is 12.5. The van der Waals surface area contributed by atoms with Crippen molar-refractivity contribution in [1.29, 1.82) is 0 Å². The van der Waals surface area contributed by atoms with Gasteiger partial charge in [-0.3, -0.25) is 14.4 Å². The Morgan fingerprint density at radius 3 is 0.765 bits per heavy atom. The van der Waals surface area contributed by atoms with E-state index in [9.17, 15) is 14.4 Å². The van der Waals surface area contributed by atoms with Crippen LogP contribution < -0.4 is 0 Å². The van der Waals surface area contributed by atoms with Crippen molar-refractivity contribution in [2.75, 3.05) is 13.2 Å². The highest BCUT2D eigenvalue weighted by molar-refractivity contribution is 5.71. The minimum absolute atomic E-state index is 0.0630. The summed E-state index contributed by atoms with van der Waals surface area (Å²) in [4.78, 5) is 38.2. The summed E-state index contributed by atoms with van der Waals surface area (Å²) in [6.07, 6.45) is 56.6. The van der Waals surface area contributed by atoms with E-state index < -0.39 is 6.10 Å². The van der Waals surface area contributed by atoms with Crippen LogP contribution in [0.4, 0.5) is 0 Å². The molecule has 0 bridgehead atoms. The Bertz CT molecular complexity index is 1060. The first kappa shape index (κ1) is 66.4. The third kappa shape index (κ3) is 53.8. The van der Waals surface area contributed by atoms with E-state index in [0.717, 1.165) is 75.5 Å². The number of hydrogen-bond acceptors (Lipinski definition) is 6. The summed E-state index contributed by atoms with van der Waals surface area (Å²) in [6, 6.07) is 0. The van der Waals surface area contributed by atoms with Crippen molar-refractivity contribution in [3.8, 4) is 0 Å². The second-order valence-corrected chi connectivity index (χ2v) is 22.5. The molecule has 6 heteroatoms. The zero-order valence-electron chi connectivity index (χ0n) is 46.9. The molecule has 0 aromatic rings. The zero-order valence-corrected chi connectivity index (χ0v) is 46.9. The first-order valence-corrected chi connectivity index (χ1v) is 30.6. The summed E-state index contributed by atoms with van der Waals surface area (Å²) in [5.74, 6) is 1.73. The van der Waals surface area contributed by atoms with Gasteiger partial charge in [0.2, 0.25) is 0 Å². The molecule has 6 nitrogen and oxygen atoms in total. The van der Waals surface area contributed by atoms with Crippen LogP contribution in [0.1, 0.15) is 343 Å². The maximum absolute atomic E-state index is 12.9. The molecule has 2 atom stereocenters. The molecule has 0 rings (SSSR count). The Kier molecular flexibility index (Phi) is 52.0. The van der Waals surface area contributed by atoms with Crippen LogP contribution in [0, 0.1) is 17.8 Å². The lowest BCUT2D eigenvalue weighted by Gasteiger charge is -2.18. The second-order valence-electron chi connectivity index (χ2n) is 22.5. The van der Waals surface area contributed by atoms with Crippen LogP contribution in [0.15, 0.2) is 0 Å². The van der Waals surface area contributed by atoms with E-state index in [1.807, 2.05) is 0 Å². The van der Waals surface area contributed by atoms with Gasteiger partial charge in [0, 0.05) is 19.3 Å². The van der Waals surface area contributed by atoms with Crippen molar-refractivity contribution in [3.05, 3.63) is 0 Å². The van der Waals surface area contributed by atoms with E-state index in [1.54, 1.807) is 0 Å². The molecular formula is C62H120O6. The van der Waals surface area contributed by atoms with Crippen molar-refractivity contribution in [1.82, 2.24) is 0 Å². The van der Waals surface area contributed by atoms with E-state index in [0.29, 0.717) is 19.3 Å². The van der Waals surface area contributed by atoms with E-state index in [1.165, 1.54) is 225 Å². The molecule has 0 N–H and O–H groups in total. The highest BCUT2D eigenvalue weighted by Crippen LogP contribution is 2.19. The number of hydrogen-bond donors (Lipinski definition) is 0. The molecule has 0 aliphatic rings. The Morgan fingerprint density at radius 1 is 0.294 bits per heavy atom. The molecule has 0 aliphatic carbocycles. The quantitative estimate of drug-likeness (QED) is 0.0343. The van der Waals surface area contributed by atoms with Crippen LogP contribution in [0.25, 0.3) is 0 Å². The fourth-order valence-corrected chi connectivity index (χ4v) is 9.50. The lowest BCUT2D eigenvalue weighted by atomic mass is 9.99. The van der Waals surface area contributed by atoms with Gasteiger partial charge in [-0.15, -0.1) is 0 Å². The number of esters is 3. The van der Waals surface area contributed by atoms with Crippen LogP contribution >= 0.6 is 0 Å². The average molecular weight is 962 g/mol. The van der Waals surface area contributed by atoms with E-state index in [-0.39, 0.29) is 31.1 Å². The third-order valence-electron chi connectivity index (χ3n) is 14.5.